The highest BCUT2D eigenvalue weighted by molar-refractivity contribution is 4.92. The predicted octanol–water partition coefficient (Wildman–Crippen LogP) is 4.20. The second kappa shape index (κ2) is 8.38. The van der Waals surface area contributed by atoms with Gasteiger partial charge < -0.3 is 5.32 Å². The molecule has 2 rings (SSSR count). The van der Waals surface area contributed by atoms with Crippen molar-refractivity contribution < 1.29 is 0 Å². The lowest BCUT2D eigenvalue weighted by atomic mass is 9.82. The SMILES string of the molecule is CCCC(CC)N1CC(C2CCCCC2)NCC1CC. The number of nitrogens with one attached hydrogen (secondary N) is 1. The fourth-order valence-corrected chi connectivity index (χ4v) is 4.46. The van der Waals surface area contributed by atoms with Crippen molar-refractivity contribution in [3.8, 4) is 0 Å². The van der Waals surface area contributed by atoms with Crippen molar-refractivity contribution in [1.29, 1.82) is 0 Å². The molecular weight excluding hydrogens is 244 g/mol. The Bertz CT molecular complexity index is 260. The Hall–Kier alpha value is -0.0800. The lowest BCUT2D eigenvalue weighted by Crippen LogP contribution is -2.61. The Morgan fingerprint density at radius 3 is 2.45 bits per heavy atom. The molecule has 2 nitrogen and oxygen atoms in total. The monoisotopic (exact) mass is 280 g/mol. The highest BCUT2D eigenvalue weighted by Gasteiger charge is 2.34. The molecule has 0 aromatic carbocycles. The number of rotatable bonds is 6. The van der Waals surface area contributed by atoms with Crippen molar-refractivity contribution in [3.63, 3.8) is 0 Å². The zero-order chi connectivity index (χ0) is 14.4. The van der Waals surface area contributed by atoms with Gasteiger partial charge in [-0.3, -0.25) is 4.90 Å². The number of hydrogen-bond acceptors (Lipinski definition) is 2. The molecule has 1 heterocycles. The molecule has 1 N–H and O–H groups in total. The van der Waals surface area contributed by atoms with Crippen LogP contribution in [0, 0.1) is 5.92 Å². The van der Waals surface area contributed by atoms with Crippen molar-refractivity contribution in [3.05, 3.63) is 0 Å². The molecule has 0 amide bonds. The molecule has 2 aliphatic rings. The van der Waals surface area contributed by atoms with E-state index in [1.165, 1.54) is 70.9 Å². The van der Waals surface area contributed by atoms with Crippen molar-refractivity contribution in [2.24, 2.45) is 5.92 Å². The molecule has 1 saturated heterocycles. The van der Waals surface area contributed by atoms with Gasteiger partial charge in [0, 0.05) is 31.2 Å². The Labute approximate surface area is 126 Å². The van der Waals surface area contributed by atoms with Gasteiger partial charge in [0.05, 0.1) is 0 Å². The summed E-state index contributed by atoms with van der Waals surface area (Å²) in [4.78, 5) is 2.87. The molecule has 1 aliphatic carbocycles. The van der Waals surface area contributed by atoms with E-state index in [0.717, 1.165) is 24.0 Å². The number of hydrogen-bond donors (Lipinski definition) is 1. The van der Waals surface area contributed by atoms with Gasteiger partial charge in [0.2, 0.25) is 0 Å². The fourth-order valence-electron chi connectivity index (χ4n) is 4.46. The van der Waals surface area contributed by atoms with Gasteiger partial charge in [-0.05, 0) is 38.0 Å². The van der Waals surface area contributed by atoms with Gasteiger partial charge in [0.15, 0.2) is 0 Å². The minimum atomic E-state index is 0.768. The van der Waals surface area contributed by atoms with Crippen molar-refractivity contribution in [1.82, 2.24) is 10.2 Å². The maximum atomic E-state index is 3.90. The Balaban J connectivity index is 1.98. The van der Waals surface area contributed by atoms with E-state index < -0.39 is 0 Å². The van der Waals surface area contributed by atoms with Crippen LogP contribution in [0.25, 0.3) is 0 Å². The summed E-state index contributed by atoms with van der Waals surface area (Å²) in [6, 6.07) is 2.36. The Kier molecular flexibility index (Phi) is 6.83. The maximum absolute atomic E-state index is 3.90. The smallest absolute Gasteiger partial charge is 0.0224 e. The summed E-state index contributed by atoms with van der Waals surface area (Å²) in [7, 11) is 0. The first-order valence-electron chi connectivity index (χ1n) is 9.29. The van der Waals surface area contributed by atoms with Crippen LogP contribution in [0.3, 0.4) is 0 Å². The molecule has 0 aromatic rings. The summed E-state index contributed by atoms with van der Waals surface area (Å²) in [5.41, 5.74) is 0. The molecule has 3 unspecified atom stereocenters. The van der Waals surface area contributed by atoms with Crippen LogP contribution in [0.4, 0.5) is 0 Å². The van der Waals surface area contributed by atoms with Gasteiger partial charge in [-0.25, -0.2) is 0 Å². The molecule has 3 atom stereocenters. The molecule has 0 spiro atoms. The molecule has 0 bridgehead atoms. The first-order chi connectivity index (χ1) is 9.80. The van der Waals surface area contributed by atoms with Gasteiger partial charge in [-0.15, -0.1) is 0 Å². The van der Waals surface area contributed by atoms with Crippen LogP contribution < -0.4 is 5.32 Å². The topological polar surface area (TPSA) is 15.3 Å². The van der Waals surface area contributed by atoms with E-state index in [0.29, 0.717) is 0 Å². The Morgan fingerprint density at radius 1 is 1.10 bits per heavy atom. The first-order valence-corrected chi connectivity index (χ1v) is 9.29. The number of piperazine rings is 1. The van der Waals surface area contributed by atoms with E-state index in [-0.39, 0.29) is 0 Å². The molecule has 0 aromatic heterocycles. The molecule has 2 heteroatoms. The van der Waals surface area contributed by atoms with Crippen LogP contribution in [0.15, 0.2) is 0 Å². The summed E-state index contributed by atoms with van der Waals surface area (Å²) in [5.74, 6) is 0.947. The zero-order valence-electron chi connectivity index (χ0n) is 14.0. The standard InChI is InChI=1S/C18H36N2/c1-4-10-16(5-2)20-14-18(19-13-17(20)6-3)15-11-8-7-9-12-15/h15-19H,4-14H2,1-3H3. The zero-order valence-corrected chi connectivity index (χ0v) is 14.0. The first kappa shape index (κ1) is 16.3. The maximum Gasteiger partial charge on any atom is 0.0224 e. The summed E-state index contributed by atoms with van der Waals surface area (Å²) in [6.45, 7) is 9.60. The third kappa shape index (κ3) is 3.98. The normalized spacial score (nSPS) is 31.4. The molecule has 1 aliphatic heterocycles. The molecule has 0 radical (unpaired) electrons. The van der Waals surface area contributed by atoms with Crippen molar-refractivity contribution in [2.75, 3.05) is 13.1 Å². The lowest BCUT2D eigenvalue weighted by Gasteiger charge is -2.47. The molecule has 20 heavy (non-hydrogen) atoms. The van der Waals surface area contributed by atoms with E-state index in [4.69, 9.17) is 0 Å². The third-order valence-corrected chi connectivity index (χ3v) is 5.74. The van der Waals surface area contributed by atoms with Crippen LogP contribution >= 0.6 is 0 Å². The average molecular weight is 280 g/mol. The average Bonchev–Trinajstić information content (AvgIpc) is 2.53. The van der Waals surface area contributed by atoms with Crippen LogP contribution in [0.5, 0.6) is 0 Å². The van der Waals surface area contributed by atoms with Gasteiger partial charge in [-0.1, -0.05) is 46.5 Å². The molecule has 1 saturated carbocycles. The quantitative estimate of drug-likeness (QED) is 0.784. The number of nitrogens with zero attached hydrogens (tertiary/aromatic N) is 1. The van der Waals surface area contributed by atoms with Crippen LogP contribution in [0.2, 0.25) is 0 Å². The minimum absolute atomic E-state index is 0.768. The van der Waals surface area contributed by atoms with E-state index in [2.05, 4.69) is 31.0 Å². The van der Waals surface area contributed by atoms with E-state index in [1.807, 2.05) is 0 Å². The largest absolute Gasteiger partial charge is 0.311 e. The summed E-state index contributed by atoms with van der Waals surface area (Å²) >= 11 is 0. The van der Waals surface area contributed by atoms with Crippen molar-refractivity contribution in [2.45, 2.75) is 96.7 Å². The van der Waals surface area contributed by atoms with Crippen LogP contribution in [-0.4, -0.2) is 36.1 Å². The summed E-state index contributed by atoms with van der Waals surface area (Å²) < 4.78 is 0. The van der Waals surface area contributed by atoms with Crippen LogP contribution in [-0.2, 0) is 0 Å². The summed E-state index contributed by atoms with van der Waals surface area (Å²) in [5, 5.41) is 3.90. The summed E-state index contributed by atoms with van der Waals surface area (Å²) in [6.07, 6.45) is 12.7. The highest BCUT2D eigenvalue weighted by atomic mass is 15.3. The van der Waals surface area contributed by atoms with Gasteiger partial charge >= 0.3 is 0 Å². The third-order valence-electron chi connectivity index (χ3n) is 5.74. The second-order valence-corrected chi connectivity index (χ2v) is 7.02. The van der Waals surface area contributed by atoms with Gasteiger partial charge in [0.25, 0.3) is 0 Å². The molecule has 2 fully saturated rings. The van der Waals surface area contributed by atoms with Crippen molar-refractivity contribution >= 4 is 0 Å². The minimum Gasteiger partial charge on any atom is -0.311 e. The fraction of sp³-hybridized carbons (Fsp3) is 1.00. The Morgan fingerprint density at radius 2 is 1.85 bits per heavy atom. The molecule has 118 valence electrons. The molecular formula is C18H36N2. The second-order valence-electron chi connectivity index (χ2n) is 7.02. The van der Waals surface area contributed by atoms with E-state index in [1.54, 1.807) is 0 Å². The van der Waals surface area contributed by atoms with Gasteiger partial charge in [-0.2, -0.15) is 0 Å². The van der Waals surface area contributed by atoms with Crippen LogP contribution in [0.1, 0.15) is 78.6 Å². The van der Waals surface area contributed by atoms with E-state index >= 15 is 0 Å². The lowest BCUT2D eigenvalue weighted by molar-refractivity contribution is 0.0502. The highest BCUT2D eigenvalue weighted by Crippen LogP contribution is 2.30. The van der Waals surface area contributed by atoms with Gasteiger partial charge in [0.1, 0.15) is 0 Å². The predicted molar refractivity (Wildman–Crippen MR) is 88.1 cm³/mol. The van der Waals surface area contributed by atoms with E-state index in [9.17, 15) is 0 Å².